The van der Waals surface area contributed by atoms with Crippen molar-refractivity contribution in [3.63, 3.8) is 0 Å². The molecule has 0 aliphatic rings. The Kier molecular flexibility index (Phi) is 5.89. The van der Waals surface area contributed by atoms with Gasteiger partial charge in [-0.2, -0.15) is 0 Å². The molecule has 0 aliphatic carbocycles. The molecular weight excluding hydrogens is 352 g/mol. The summed E-state index contributed by atoms with van der Waals surface area (Å²) in [6.07, 6.45) is 0. The van der Waals surface area contributed by atoms with E-state index < -0.39 is 0 Å². The fourth-order valence-electron chi connectivity index (χ4n) is 2.74. The maximum absolute atomic E-state index is 12.6. The molecule has 2 aromatic carbocycles. The summed E-state index contributed by atoms with van der Waals surface area (Å²) < 4.78 is 5.18. The van der Waals surface area contributed by atoms with Crippen LogP contribution in [0.5, 0.6) is 5.75 Å². The Hall–Kier alpha value is -3.41. The molecule has 0 atom stereocenters. The number of carbonyl (C=O) groups is 1. The first kappa shape index (κ1) is 19.4. The van der Waals surface area contributed by atoms with Gasteiger partial charge in [-0.15, -0.1) is 0 Å². The van der Waals surface area contributed by atoms with Crippen molar-refractivity contribution in [1.29, 1.82) is 0 Å². The molecule has 0 spiro atoms. The number of hydrogen-bond acceptors (Lipinski definition) is 5. The van der Waals surface area contributed by atoms with Gasteiger partial charge >= 0.3 is 0 Å². The number of methoxy groups -OCH3 is 1. The number of aromatic nitrogens is 2. The molecule has 6 heteroatoms. The lowest BCUT2D eigenvalue weighted by Crippen LogP contribution is -2.15. The molecule has 0 saturated carbocycles. The minimum atomic E-state index is -0.308. The maximum atomic E-state index is 12.6. The average Bonchev–Trinajstić information content (AvgIpc) is 2.68. The quantitative estimate of drug-likeness (QED) is 0.639. The Balaban J connectivity index is 1.77. The van der Waals surface area contributed by atoms with Crippen LogP contribution in [0.3, 0.4) is 0 Å². The van der Waals surface area contributed by atoms with E-state index in [0.29, 0.717) is 29.0 Å². The normalized spacial score (nSPS) is 10.6. The van der Waals surface area contributed by atoms with Crippen molar-refractivity contribution >= 4 is 23.1 Å². The van der Waals surface area contributed by atoms with Gasteiger partial charge in [-0.25, -0.2) is 9.97 Å². The van der Waals surface area contributed by atoms with Crippen molar-refractivity contribution in [2.75, 3.05) is 17.7 Å². The van der Waals surface area contributed by atoms with Crippen LogP contribution in [0.15, 0.2) is 54.6 Å². The van der Waals surface area contributed by atoms with Crippen LogP contribution in [0, 0.1) is 6.92 Å². The van der Waals surface area contributed by atoms with Gasteiger partial charge in [-0.1, -0.05) is 32.0 Å². The van der Waals surface area contributed by atoms with Gasteiger partial charge in [0.05, 0.1) is 7.11 Å². The van der Waals surface area contributed by atoms with Gasteiger partial charge < -0.3 is 15.4 Å². The molecule has 28 heavy (non-hydrogen) atoms. The fraction of sp³-hybridized carbons (Fsp3) is 0.227. The van der Waals surface area contributed by atoms with Crippen LogP contribution < -0.4 is 15.4 Å². The van der Waals surface area contributed by atoms with Crippen LogP contribution in [0.4, 0.5) is 17.2 Å². The van der Waals surface area contributed by atoms with Crippen LogP contribution in [0.25, 0.3) is 0 Å². The van der Waals surface area contributed by atoms with Crippen molar-refractivity contribution in [2.24, 2.45) is 0 Å². The summed E-state index contributed by atoms with van der Waals surface area (Å²) >= 11 is 0. The first-order chi connectivity index (χ1) is 13.4. The molecule has 0 bridgehead atoms. The zero-order chi connectivity index (χ0) is 20.1. The van der Waals surface area contributed by atoms with Gasteiger partial charge in [-0.05, 0) is 42.7 Å². The molecule has 144 valence electrons. The number of aryl methyl sites for hydroxylation is 1. The number of rotatable bonds is 6. The summed E-state index contributed by atoms with van der Waals surface area (Å²) in [5.41, 5.74) is 3.10. The van der Waals surface area contributed by atoms with E-state index in [4.69, 9.17) is 4.74 Å². The molecule has 1 heterocycles. The zero-order valence-electron chi connectivity index (χ0n) is 16.5. The zero-order valence-corrected chi connectivity index (χ0v) is 16.5. The number of carbonyl (C=O) groups excluding carboxylic acids is 1. The maximum Gasteiger partial charge on any atom is 0.274 e. The van der Waals surface area contributed by atoms with Crippen LogP contribution in [0.1, 0.15) is 41.6 Å². The molecule has 1 aromatic heterocycles. The van der Waals surface area contributed by atoms with Crippen molar-refractivity contribution in [3.05, 3.63) is 71.7 Å². The van der Waals surface area contributed by atoms with E-state index in [0.717, 1.165) is 5.69 Å². The SMILES string of the molecule is COc1cccc(NC(=O)c2cc(Nc3ccc(C(C)C)cc3)nc(C)n2)c1. The number of amides is 1. The number of anilines is 3. The Morgan fingerprint density at radius 2 is 1.75 bits per heavy atom. The summed E-state index contributed by atoms with van der Waals surface area (Å²) in [4.78, 5) is 21.3. The van der Waals surface area contributed by atoms with Gasteiger partial charge in [-0.3, -0.25) is 4.79 Å². The van der Waals surface area contributed by atoms with Crippen molar-refractivity contribution in [1.82, 2.24) is 9.97 Å². The molecule has 0 radical (unpaired) electrons. The molecule has 2 N–H and O–H groups in total. The summed E-state index contributed by atoms with van der Waals surface area (Å²) in [5, 5.41) is 6.07. The molecule has 3 aromatic rings. The van der Waals surface area contributed by atoms with E-state index >= 15 is 0 Å². The second-order valence-electron chi connectivity index (χ2n) is 6.77. The van der Waals surface area contributed by atoms with E-state index in [1.54, 1.807) is 32.2 Å². The summed E-state index contributed by atoms with van der Waals surface area (Å²) in [7, 11) is 1.58. The molecular formula is C22H24N4O2. The van der Waals surface area contributed by atoms with Crippen molar-refractivity contribution in [2.45, 2.75) is 26.7 Å². The van der Waals surface area contributed by atoms with Gasteiger partial charge in [0.1, 0.15) is 23.1 Å². The third-order valence-electron chi connectivity index (χ3n) is 4.25. The van der Waals surface area contributed by atoms with Crippen molar-refractivity contribution in [3.8, 4) is 5.75 Å². The lowest BCUT2D eigenvalue weighted by Gasteiger charge is -2.11. The van der Waals surface area contributed by atoms with E-state index in [1.165, 1.54) is 5.56 Å². The van der Waals surface area contributed by atoms with Crippen LogP contribution in [-0.4, -0.2) is 23.0 Å². The Morgan fingerprint density at radius 3 is 2.43 bits per heavy atom. The minimum absolute atomic E-state index is 0.289. The smallest absolute Gasteiger partial charge is 0.274 e. The number of nitrogens with zero attached hydrogens (tertiary/aromatic N) is 2. The molecule has 0 unspecified atom stereocenters. The lowest BCUT2D eigenvalue weighted by molar-refractivity contribution is 0.102. The standard InChI is InChI=1S/C22H24N4O2/c1-14(2)16-8-10-17(11-9-16)25-21-13-20(23-15(3)24-21)22(27)26-18-6-5-7-19(12-18)28-4/h5-14H,1-4H3,(H,26,27)(H,23,24,25). The van der Waals surface area contributed by atoms with Crippen LogP contribution >= 0.6 is 0 Å². The Morgan fingerprint density at radius 1 is 1.00 bits per heavy atom. The van der Waals surface area contributed by atoms with E-state index in [9.17, 15) is 4.79 Å². The molecule has 0 saturated heterocycles. The first-order valence-electron chi connectivity index (χ1n) is 9.12. The van der Waals surface area contributed by atoms with Gasteiger partial charge in [0.25, 0.3) is 5.91 Å². The molecule has 0 fully saturated rings. The molecule has 0 aliphatic heterocycles. The molecule has 3 rings (SSSR count). The highest BCUT2D eigenvalue weighted by atomic mass is 16.5. The van der Waals surface area contributed by atoms with E-state index in [-0.39, 0.29) is 11.6 Å². The van der Waals surface area contributed by atoms with Gasteiger partial charge in [0.15, 0.2) is 0 Å². The second-order valence-corrected chi connectivity index (χ2v) is 6.77. The number of benzene rings is 2. The lowest BCUT2D eigenvalue weighted by atomic mass is 10.0. The average molecular weight is 376 g/mol. The van der Waals surface area contributed by atoms with Crippen molar-refractivity contribution < 1.29 is 9.53 Å². The molecule has 6 nitrogen and oxygen atoms in total. The summed E-state index contributed by atoms with van der Waals surface area (Å²) in [5.74, 6) is 1.92. The highest BCUT2D eigenvalue weighted by molar-refractivity contribution is 6.03. The topological polar surface area (TPSA) is 76.1 Å². The summed E-state index contributed by atoms with van der Waals surface area (Å²) in [6.45, 7) is 6.07. The third-order valence-corrected chi connectivity index (χ3v) is 4.25. The Bertz CT molecular complexity index is 969. The fourth-order valence-corrected chi connectivity index (χ4v) is 2.74. The van der Waals surface area contributed by atoms with Gasteiger partial charge in [0, 0.05) is 23.5 Å². The van der Waals surface area contributed by atoms with E-state index in [1.807, 2.05) is 24.3 Å². The van der Waals surface area contributed by atoms with Gasteiger partial charge in [0.2, 0.25) is 0 Å². The predicted molar refractivity (Wildman–Crippen MR) is 112 cm³/mol. The monoisotopic (exact) mass is 376 g/mol. The second kappa shape index (κ2) is 8.52. The highest BCUT2D eigenvalue weighted by Crippen LogP contribution is 2.21. The third kappa shape index (κ3) is 4.85. The summed E-state index contributed by atoms with van der Waals surface area (Å²) in [6, 6.07) is 17.0. The first-order valence-corrected chi connectivity index (χ1v) is 9.12. The highest BCUT2D eigenvalue weighted by Gasteiger charge is 2.12. The minimum Gasteiger partial charge on any atom is -0.497 e. The van der Waals surface area contributed by atoms with E-state index in [2.05, 4.69) is 46.6 Å². The number of nitrogens with one attached hydrogen (secondary N) is 2. The predicted octanol–water partition coefficient (Wildman–Crippen LogP) is 4.91. The Labute approximate surface area is 165 Å². The largest absolute Gasteiger partial charge is 0.497 e. The van der Waals surface area contributed by atoms with Crippen LogP contribution in [-0.2, 0) is 0 Å². The number of hydrogen-bond donors (Lipinski definition) is 2. The molecule has 1 amide bonds. The number of ether oxygens (including phenoxy) is 1. The van der Waals surface area contributed by atoms with Crippen LogP contribution in [0.2, 0.25) is 0 Å².